The second-order valence-electron chi connectivity index (χ2n) is 6.14. The molecule has 8 heteroatoms. The van der Waals surface area contributed by atoms with E-state index >= 15 is 0 Å². The minimum absolute atomic E-state index is 0.278. The molecule has 3 N–H and O–H groups in total. The number of fused-ring (bicyclic) bond motifs is 1. The Morgan fingerprint density at radius 2 is 1.93 bits per heavy atom. The zero-order chi connectivity index (χ0) is 20.1. The molecule has 0 amide bonds. The average molecular weight is 382 g/mol. The summed E-state index contributed by atoms with van der Waals surface area (Å²) < 4.78 is 18.8. The summed E-state index contributed by atoms with van der Waals surface area (Å²) in [6.07, 6.45) is 1.49. The number of nitrogens with one attached hydrogen (secondary N) is 3. The number of likely N-dealkylation sites (N-methyl/N-ethyl adjacent to an activating group) is 1. The molecule has 0 atom stereocenters. The second-order valence-corrected chi connectivity index (χ2v) is 6.14. The molecule has 1 aromatic heterocycles. The van der Waals surface area contributed by atoms with Crippen LogP contribution in [0, 0.1) is 5.82 Å². The van der Waals surface area contributed by atoms with Crippen LogP contribution in [-0.2, 0) is 0 Å². The largest absolute Gasteiger partial charge is 0.494 e. The van der Waals surface area contributed by atoms with Gasteiger partial charge in [0.25, 0.3) is 0 Å². The second kappa shape index (κ2) is 8.64. The number of benzene rings is 2. The minimum Gasteiger partial charge on any atom is -0.494 e. The fourth-order valence-electron chi connectivity index (χ4n) is 2.79. The van der Waals surface area contributed by atoms with E-state index in [0.29, 0.717) is 23.6 Å². The van der Waals surface area contributed by atoms with Gasteiger partial charge in [-0.25, -0.2) is 19.8 Å². The molecule has 1 heterocycles. The van der Waals surface area contributed by atoms with Crippen molar-refractivity contribution in [2.24, 2.45) is 0 Å². The zero-order valence-electron chi connectivity index (χ0n) is 16.1. The third kappa shape index (κ3) is 4.19. The molecule has 0 aliphatic rings. The fourth-order valence-corrected chi connectivity index (χ4v) is 2.79. The lowest BCUT2D eigenvalue weighted by Crippen LogP contribution is -2.42. The maximum atomic E-state index is 13.3. The molecule has 0 aliphatic heterocycles. The molecular weight excluding hydrogens is 359 g/mol. The van der Waals surface area contributed by atoms with E-state index in [0.717, 1.165) is 22.2 Å². The smallest absolute Gasteiger partial charge is 0.145 e. The quantitative estimate of drug-likeness (QED) is 0.517. The molecule has 0 bridgehead atoms. The van der Waals surface area contributed by atoms with E-state index in [4.69, 9.17) is 4.74 Å². The highest BCUT2D eigenvalue weighted by molar-refractivity contribution is 5.96. The zero-order valence-corrected chi connectivity index (χ0v) is 16.1. The van der Waals surface area contributed by atoms with Crippen molar-refractivity contribution in [1.82, 2.24) is 25.9 Å². The van der Waals surface area contributed by atoms with Crippen LogP contribution in [0.3, 0.4) is 0 Å². The first kappa shape index (κ1) is 19.5. The molecular formula is C20H23FN6O. The van der Waals surface area contributed by atoms with E-state index < -0.39 is 0 Å². The number of aromatic nitrogens is 2. The Hall–Kier alpha value is -3.23. The average Bonchev–Trinajstić information content (AvgIpc) is 2.71. The van der Waals surface area contributed by atoms with Gasteiger partial charge < -0.3 is 15.1 Å². The lowest BCUT2D eigenvalue weighted by molar-refractivity contribution is 0.260. The number of hydrazine groups is 2. The van der Waals surface area contributed by atoms with Crippen LogP contribution < -0.4 is 21.0 Å². The van der Waals surface area contributed by atoms with Crippen LogP contribution in [-0.4, -0.2) is 42.7 Å². The topological polar surface area (TPSA) is 74.3 Å². The molecule has 0 aliphatic carbocycles. The van der Waals surface area contributed by atoms with Gasteiger partial charge in [0.15, 0.2) is 0 Å². The summed E-state index contributed by atoms with van der Waals surface area (Å²) in [6.45, 7) is 4.51. The summed E-state index contributed by atoms with van der Waals surface area (Å²) in [5.74, 6) is 1.00. The van der Waals surface area contributed by atoms with E-state index in [1.165, 1.54) is 18.5 Å². The third-order valence-electron chi connectivity index (χ3n) is 4.31. The molecule has 28 heavy (non-hydrogen) atoms. The molecule has 3 aromatic rings. The summed E-state index contributed by atoms with van der Waals surface area (Å²) in [5, 5.41) is 5.86. The monoisotopic (exact) mass is 382 g/mol. The van der Waals surface area contributed by atoms with Crippen LogP contribution in [0.25, 0.3) is 22.0 Å². The fraction of sp³-hybridized carbons (Fsp3) is 0.200. The molecule has 7 nitrogen and oxygen atoms in total. The van der Waals surface area contributed by atoms with Crippen molar-refractivity contribution < 1.29 is 9.13 Å². The number of halogens is 1. The van der Waals surface area contributed by atoms with E-state index in [1.807, 2.05) is 19.2 Å². The lowest BCUT2D eigenvalue weighted by Gasteiger charge is -2.22. The van der Waals surface area contributed by atoms with Crippen LogP contribution in [0.2, 0.25) is 0 Å². The molecule has 3 rings (SSSR count). The van der Waals surface area contributed by atoms with Crippen molar-refractivity contribution in [3.05, 3.63) is 60.8 Å². The third-order valence-corrected chi connectivity index (χ3v) is 4.31. The number of nitrogens with zero attached hydrogens (tertiary/aromatic N) is 3. The summed E-state index contributed by atoms with van der Waals surface area (Å²) in [4.78, 5) is 8.74. The normalized spacial score (nSPS) is 10.7. The van der Waals surface area contributed by atoms with Crippen LogP contribution in [0.15, 0.2) is 55.0 Å². The van der Waals surface area contributed by atoms with Gasteiger partial charge in [0.2, 0.25) is 0 Å². The first-order valence-corrected chi connectivity index (χ1v) is 8.70. The van der Waals surface area contributed by atoms with Crippen molar-refractivity contribution in [2.75, 3.05) is 33.1 Å². The highest BCUT2D eigenvalue weighted by Gasteiger charge is 2.12. The highest BCUT2D eigenvalue weighted by atomic mass is 19.1. The standard InChI is InChI=1S/C20H23FN6O/c1-13(27(3)26-22-2)11-23-20-17-9-15(14-5-7-16(21)8-6-14)10-18(28-4)19(17)24-12-25-20/h5-10,12,22,26H,1,11H2,2-4H3,(H,23,24,25). The summed E-state index contributed by atoms with van der Waals surface area (Å²) >= 11 is 0. The Morgan fingerprint density at radius 3 is 2.61 bits per heavy atom. The van der Waals surface area contributed by atoms with E-state index in [2.05, 4.69) is 32.8 Å². The molecule has 0 unspecified atom stereocenters. The van der Waals surface area contributed by atoms with Gasteiger partial charge in [-0.15, -0.1) is 0 Å². The maximum Gasteiger partial charge on any atom is 0.145 e. The first-order chi connectivity index (χ1) is 13.5. The van der Waals surface area contributed by atoms with E-state index in [1.54, 1.807) is 31.3 Å². The Bertz CT molecular complexity index is 976. The van der Waals surface area contributed by atoms with Crippen molar-refractivity contribution >= 4 is 16.7 Å². The van der Waals surface area contributed by atoms with Gasteiger partial charge in [-0.1, -0.05) is 18.7 Å². The van der Waals surface area contributed by atoms with Crippen LogP contribution >= 0.6 is 0 Å². The van der Waals surface area contributed by atoms with Gasteiger partial charge in [-0.2, -0.15) is 5.53 Å². The number of anilines is 1. The van der Waals surface area contributed by atoms with Gasteiger partial charge in [0, 0.05) is 25.2 Å². The molecule has 0 spiro atoms. The predicted molar refractivity (Wildman–Crippen MR) is 109 cm³/mol. The SMILES string of the molecule is C=C(CNc1ncnc2c(OC)cc(-c3ccc(F)cc3)cc12)N(C)NNC. The van der Waals surface area contributed by atoms with Gasteiger partial charge in [0.1, 0.15) is 29.2 Å². The lowest BCUT2D eigenvalue weighted by atomic mass is 10.0. The summed E-state index contributed by atoms with van der Waals surface area (Å²) in [5.41, 5.74) is 9.03. The molecule has 2 aromatic carbocycles. The van der Waals surface area contributed by atoms with Crippen molar-refractivity contribution in [1.29, 1.82) is 0 Å². The molecule has 146 valence electrons. The minimum atomic E-state index is -0.278. The number of ether oxygens (including phenoxy) is 1. The van der Waals surface area contributed by atoms with Gasteiger partial charge >= 0.3 is 0 Å². The van der Waals surface area contributed by atoms with E-state index in [-0.39, 0.29) is 5.82 Å². The van der Waals surface area contributed by atoms with Crippen molar-refractivity contribution in [3.63, 3.8) is 0 Å². The first-order valence-electron chi connectivity index (χ1n) is 8.70. The maximum absolute atomic E-state index is 13.3. The van der Waals surface area contributed by atoms with Crippen LogP contribution in [0.1, 0.15) is 0 Å². The molecule has 0 radical (unpaired) electrons. The Morgan fingerprint density at radius 1 is 1.18 bits per heavy atom. The Labute approximate surface area is 163 Å². The van der Waals surface area contributed by atoms with Crippen LogP contribution in [0.5, 0.6) is 5.75 Å². The number of methoxy groups -OCH3 is 1. The molecule has 0 saturated carbocycles. The summed E-state index contributed by atoms with van der Waals surface area (Å²) in [7, 11) is 5.23. The van der Waals surface area contributed by atoms with Crippen molar-refractivity contribution in [2.45, 2.75) is 0 Å². The molecule has 0 fully saturated rings. The van der Waals surface area contributed by atoms with Crippen LogP contribution in [0.4, 0.5) is 10.2 Å². The van der Waals surface area contributed by atoms with E-state index in [9.17, 15) is 4.39 Å². The number of rotatable bonds is 8. The number of hydrogen-bond donors (Lipinski definition) is 3. The Balaban J connectivity index is 1.98. The van der Waals surface area contributed by atoms with Gasteiger partial charge in [-0.05, 0) is 35.4 Å². The van der Waals surface area contributed by atoms with Gasteiger partial charge in [0.05, 0.1) is 13.7 Å². The highest BCUT2D eigenvalue weighted by Crippen LogP contribution is 2.34. The predicted octanol–water partition coefficient (Wildman–Crippen LogP) is 2.94. The molecule has 0 saturated heterocycles. The van der Waals surface area contributed by atoms with Gasteiger partial charge in [-0.3, -0.25) is 0 Å². The number of hydrogen-bond acceptors (Lipinski definition) is 7. The van der Waals surface area contributed by atoms with Crippen molar-refractivity contribution in [3.8, 4) is 16.9 Å². The Kier molecular flexibility index (Phi) is 6.03. The summed E-state index contributed by atoms with van der Waals surface area (Å²) in [6, 6.07) is 10.2.